The van der Waals surface area contributed by atoms with Gasteiger partial charge >= 0.3 is 19.4 Å². The molecule has 222 valence electrons. The number of carboxylic acids is 1. The van der Waals surface area contributed by atoms with Gasteiger partial charge in [0, 0.05) is 17.6 Å². The number of carboxylic acid groups (broad SMARTS) is 1. The third-order valence-corrected chi connectivity index (χ3v) is 9.08. The van der Waals surface area contributed by atoms with Gasteiger partial charge in [0.05, 0.1) is 0 Å². The van der Waals surface area contributed by atoms with Crippen LogP contribution in [0.4, 0.5) is 10.2 Å². The second kappa shape index (κ2) is 11.1. The van der Waals surface area contributed by atoms with Crippen LogP contribution < -0.4 is 15.9 Å². The molecule has 13 nitrogen and oxygen atoms in total. The normalized spacial score (nSPS) is 26.8. The smallest absolute Gasteiger partial charge is 0.462 e. The lowest BCUT2D eigenvalue weighted by Gasteiger charge is -2.36. The highest BCUT2D eigenvalue weighted by molar-refractivity contribution is 7.51. The molecule has 41 heavy (non-hydrogen) atoms. The number of aliphatic hydroxyl groups is 2. The highest BCUT2D eigenvalue weighted by atomic mass is 31.2. The topological polar surface area (TPSA) is 187 Å². The molecule has 0 bridgehead atoms. The van der Waals surface area contributed by atoms with Crippen LogP contribution in [0.1, 0.15) is 33.9 Å². The fraction of sp³-hybridized carbons (Fsp3) is 0.423. The van der Waals surface area contributed by atoms with Crippen molar-refractivity contribution in [2.24, 2.45) is 0 Å². The number of alkyl halides is 1. The molecule has 0 radical (unpaired) electrons. The molecule has 4 rings (SSSR count). The third kappa shape index (κ3) is 5.71. The van der Waals surface area contributed by atoms with Crippen molar-refractivity contribution < 1.29 is 42.9 Å². The van der Waals surface area contributed by atoms with E-state index in [4.69, 9.17) is 19.5 Å². The summed E-state index contributed by atoms with van der Waals surface area (Å²) >= 11 is 0. The molecule has 0 saturated carbocycles. The van der Waals surface area contributed by atoms with E-state index in [9.17, 15) is 29.5 Å². The highest BCUT2D eigenvalue weighted by Gasteiger charge is 2.64. The zero-order valence-electron chi connectivity index (χ0n) is 22.7. The Morgan fingerprint density at radius 1 is 1.24 bits per heavy atom. The standard InChI is InChI=1S/C26H32FN4O9P/c1-15(2)31(16(3)21(32)33)41(37,40-19-11-7-9-17-8-5-6-10-18(17)19)38-14-26(27)22(34)25(4,36)23(39-26)30-13-12-20(28)29-24(30)35/h5-13,15-16,22-23,34,36H,14H2,1-4H3,(H,32,33)(H2,28,29,35)/t16-,22-,23+,25+,26+,41+/m0/s1. The minimum Gasteiger partial charge on any atom is -0.480 e. The molecule has 0 spiro atoms. The Balaban J connectivity index is 1.73. The van der Waals surface area contributed by atoms with Crippen LogP contribution in [0.3, 0.4) is 0 Å². The van der Waals surface area contributed by atoms with E-state index < -0.39 is 61.9 Å². The van der Waals surface area contributed by atoms with E-state index in [0.29, 0.717) is 5.39 Å². The molecular weight excluding hydrogens is 562 g/mol. The first-order chi connectivity index (χ1) is 19.1. The molecule has 1 aliphatic rings. The summed E-state index contributed by atoms with van der Waals surface area (Å²) in [4.78, 5) is 27.9. The fourth-order valence-electron chi connectivity index (χ4n) is 4.76. The van der Waals surface area contributed by atoms with Gasteiger partial charge in [-0.05, 0) is 45.2 Å². The summed E-state index contributed by atoms with van der Waals surface area (Å²) in [5, 5.41) is 32.8. The average molecular weight is 595 g/mol. The number of carbonyl (C=O) groups is 1. The summed E-state index contributed by atoms with van der Waals surface area (Å²) in [5.74, 6) is -4.65. The molecule has 3 aromatic rings. The number of hydrogen-bond donors (Lipinski definition) is 4. The van der Waals surface area contributed by atoms with Crippen LogP contribution in [0.2, 0.25) is 0 Å². The van der Waals surface area contributed by atoms with Gasteiger partial charge in [0.2, 0.25) is 0 Å². The van der Waals surface area contributed by atoms with Gasteiger partial charge in [-0.15, -0.1) is 0 Å². The molecule has 0 aliphatic carbocycles. The zero-order chi connectivity index (χ0) is 30.3. The number of halogens is 1. The van der Waals surface area contributed by atoms with E-state index in [1.807, 2.05) is 0 Å². The predicted molar refractivity (Wildman–Crippen MR) is 146 cm³/mol. The molecule has 2 heterocycles. The number of nitrogens with zero attached hydrogens (tertiary/aromatic N) is 3. The van der Waals surface area contributed by atoms with Crippen molar-refractivity contribution in [3.8, 4) is 5.75 Å². The maximum Gasteiger partial charge on any atom is 0.462 e. The number of nitrogens with two attached hydrogens (primary N) is 1. The SMILES string of the molecule is CC(C)N([C@@H](C)C(=O)O)[P@@](=O)(OC[C@@]1(F)O[C@@H](n2ccc(N)nc2=O)[C@](C)(O)[C@@H]1O)Oc1cccc2ccccc12. The van der Waals surface area contributed by atoms with Gasteiger partial charge in [-0.1, -0.05) is 36.4 Å². The number of anilines is 1. The van der Waals surface area contributed by atoms with Crippen molar-refractivity contribution in [1.82, 2.24) is 14.2 Å². The number of aromatic nitrogens is 2. The molecule has 0 unspecified atom stereocenters. The predicted octanol–water partition coefficient (Wildman–Crippen LogP) is 2.67. The molecule has 15 heteroatoms. The molecule has 2 aromatic carbocycles. The van der Waals surface area contributed by atoms with Crippen molar-refractivity contribution in [2.45, 2.75) is 63.6 Å². The summed E-state index contributed by atoms with van der Waals surface area (Å²) < 4.78 is 49.2. The van der Waals surface area contributed by atoms with Crippen molar-refractivity contribution >= 4 is 30.3 Å². The number of benzene rings is 2. The molecule has 1 aromatic heterocycles. The van der Waals surface area contributed by atoms with E-state index in [1.54, 1.807) is 50.2 Å². The highest BCUT2D eigenvalue weighted by Crippen LogP contribution is 2.57. The van der Waals surface area contributed by atoms with Crippen LogP contribution in [0.15, 0.2) is 59.5 Å². The minimum atomic E-state index is -4.75. The maximum absolute atomic E-state index is 16.3. The lowest BCUT2D eigenvalue weighted by Crippen LogP contribution is -2.50. The fourth-order valence-corrected chi connectivity index (χ4v) is 6.88. The first kappa shape index (κ1) is 30.6. The lowest BCUT2D eigenvalue weighted by molar-refractivity contribution is -0.204. The Morgan fingerprint density at radius 3 is 2.54 bits per heavy atom. The van der Waals surface area contributed by atoms with Gasteiger partial charge in [0.1, 0.15) is 35.9 Å². The number of fused-ring (bicyclic) bond motifs is 1. The van der Waals surface area contributed by atoms with Crippen LogP contribution in [-0.2, 0) is 18.6 Å². The van der Waals surface area contributed by atoms with Gasteiger partial charge in [-0.2, -0.15) is 9.65 Å². The number of hydrogen-bond acceptors (Lipinski definition) is 10. The van der Waals surface area contributed by atoms with E-state index in [2.05, 4.69) is 4.98 Å². The molecule has 6 atom stereocenters. The molecule has 1 saturated heterocycles. The Bertz CT molecular complexity index is 1550. The largest absolute Gasteiger partial charge is 0.480 e. The van der Waals surface area contributed by atoms with E-state index in [0.717, 1.165) is 27.7 Å². The number of aliphatic hydroxyl groups excluding tert-OH is 1. The summed E-state index contributed by atoms with van der Waals surface area (Å²) in [6.45, 7) is 4.12. The number of aliphatic carboxylic acids is 1. The number of nitrogen functional groups attached to an aromatic ring is 1. The number of rotatable bonds is 10. The zero-order valence-corrected chi connectivity index (χ0v) is 23.6. The monoisotopic (exact) mass is 594 g/mol. The lowest BCUT2D eigenvalue weighted by atomic mass is 9.95. The van der Waals surface area contributed by atoms with Crippen LogP contribution in [-0.4, -0.2) is 71.8 Å². The van der Waals surface area contributed by atoms with E-state index in [1.165, 1.54) is 19.1 Å². The van der Waals surface area contributed by atoms with Gasteiger partial charge in [-0.3, -0.25) is 13.9 Å². The summed E-state index contributed by atoms with van der Waals surface area (Å²) in [6.07, 6.45) is -3.00. The van der Waals surface area contributed by atoms with Gasteiger partial charge < -0.3 is 30.3 Å². The molecule has 0 amide bonds. The average Bonchev–Trinajstić information content (AvgIpc) is 3.08. The second-order valence-electron chi connectivity index (χ2n) is 10.2. The van der Waals surface area contributed by atoms with Gasteiger partial charge in [0.25, 0.3) is 5.85 Å². The van der Waals surface area contributed by atoms with Crippen molar-refractivity contribution in [3.05, 3.63) is 65.2 Å². The van der Waals surface area contributed by atoms with Crippen molar-refractivity contribution in [3.63, 3.8) is 0 Å². The Hall–Kier alpha value is -3.39. The van der Waals surface area contributed by atoms with Crippen LogP contribution >= 0.6 is 7.75 Å². The van der Waals surface area contributed by atoms with E-state index >= 15 is 4.39 Å². The summed E-state index contributed by atoms with van der Waals surface area (Å²) in [6, 6.07) is 10.9. The summed E-state index contributed by atoms with van der Waals surface area (Å²) in [5.41, 5.74) is 2.12. The van der Waals surface area contributed by atoms with Crippen LogP contribution in [0.25, 0.3) is 10.8 Å². The third-order valence-electron chi connectivity index (χ3n) is 6.83. The molecular formula is C26H32FN4O9P. The van der Waals surface area contributed by atoms with Gasteiger partial charge in [0.15, 0.2) is 6.23 Å². The first-order valence-corrected chi connectivity index (χ1v) is 14.2. The van der Waals surface area contributed by atoms with Crippen molar-refractivity contribution in [2.75, 3.05) is 12.3 Å². The Morgan fingerprint density at radius 2 is 1.90 bits per heavy atom. The molecule has 1 aliphatic heterocycles. The minimum absolute atomic E-state index is 0.0693. The van der Waals surface area contributed by atoms with Crippen molar-refractivity contribution in [1.29, 1.82) is 0 Å². The Kier molecular flexibility index (Phi) is 8.29. The van der Waals surface area contributed by atoms with Crippen LogP contribution in [0.5, 0.6) is 5.75 Å². The van der Waals surface area contributed by atoms with Gasteiger partial charge in [-0.25, -0.2) is 13.8 Å². The Labute approximate surface area is 234 Å². The quantitative estimate of drug-likeness (QED) is 0.252. The summed E-state index contributed by atoms with van der Waals surface area (Å²) in [7, 11) is -4.75. The van der Waals surface area contributed by atoms with Crippen LogP contribution in [0, 0.1) is 0 Å². The second-order valence-corrected chi connectivity index (χ2v) is 12.1. The molecule has 1 fully saturated rings. The molecule has 5 N–H and O–H groups in total. The first-order valence-electron chi connectivity index (χ1n) is 12.7. The van der Waals surface area contributed by atoms with E-state index in [-0.39, 0.29) is 11.6 Å². The maximum atomic E-state index is 16.3. The number of ether oxygens (including phenoxy) is 1.